The van der Waals surface area contributed by atoms with Gasteiger partial charge in [-0.2, -0.15) is 0 Å². The van der Waals surface area contributed by atoms with Crippen molar-refractivity contribution in [3.8, 4) is 22.5 Å². The number of halogens is 1. The molecule has 4 rings (SSSR count). The van der Waals surface area contributed by atoms with Gasteiger partial charge in [-0.3, -0.25) is 10.1 Å². The Kier molecular flexibility index (Phi) is 5.22. The van der Waals surface area contributed by atoms with E-state index < -0.39 is 0 Å². The van der Waals surface area contributed by atoms with Crippen LogP contribution in [0.2, 0.25) is 5.02 Å². The van der Waals surface area contributed by atoms with Gasteiger partial charge in [-0.1, -0.05) is 58.7 Å². The maximum Gasteiger partial charge on any atom is 0.263 e. The number of nitrogens with one attached hydrogen (secondary N) is 1. The van der Waals surface area contributed by atoms with E-state index in [0.717, 1.165) is 16.8 Å². The lowest BCUT2D eigenvalue weighted by Crippen LogP contribution is -2.13. The average molecular weight is 424 g/mol. The quantitative estimate of drug-likeness (QED) is 0.418. The summed E-state index contributed by atoms with van der Waals surface area (Å²) < 4.78 is 5.28. The van der Waals surface area contributed by atoms with Crippen molar-refractivity contribution >= 4 is 34.0 Å². The van der Waals surface area contributed by atoms with Crippen molar-refractivity contribution in [1.29, 1.82) is 0 Å². The van der Waals surface area contributed by atoms with Crippen LogP contribution in [0, 0.1) is 20.8 Å². The lowest BCUT2D eigenvalue weighted by atomic mass is 10.0. The Balaban J connectivity index is 1.63. The molecule has 2 aromatic heterocycles. The molecule has 2 heterocycles. The Bertz CT molecular complexity index is 1210. The Morgan fingerprint density at radius 1 is 1.10 bits per heavy atom. The van der Waals surface area contributed by atoms with Crippen molar-refractivity contribution in [1.82, 2.24) is 10.1 Å². The Morgan fingerprint density at radius 2 is 1.90 bits per heavy atom. The molecule has 0 fully saturated rings. The fourth-order valence-electron chi connectivity index (χ4n) is 3.19. The van der Waals surface area contributed by atoms with Gasteiger partial charge >= 0.3 is 0 Å². The van der Waals surface area contributed by atoms with E-state index in [1.165, 1.54) is 16.9 Å². The molecule has 2 aromatic carbocycles. The van der Waals surface area contributed by atoms with Gasteiger partial charge in [0.2, 0.25) is 0 Å². The van der Waals surface area contributed by atoms with E-state index in [4.69, 9.17) is 16.1 Å². The molecule has 5 nitrogen and oxygen atoms in total. The number of carbonyl (C=O) groups excluding carboxylic acids is 1. The Hall–Kier alpha value is -2.96. The molecule has 0 saturated carbocycles. The monoisotopic (exact) mass is 423 g/mol. The largest absolute Gasteiger partial charge is 0.360 e. The molecule has 29 heavy (non-hydrogen) atoms. The number of amides is 1. The van der Waals surface area contributed by atoms with Crippen LogP contribution < -0.4 is 5.32 Å². The molecule has 1 N–H and O–H groups in total. The molecule has 4 aromatic rings. The maximum atomic E-state index is 13.0. The normalized spacial score (nSPS) is 10.9. The second-order valence-corrected chi connectivity index (χ2v) is 8.02. The van der Waals surface area contributed by atoms with Crippen molar-refractivity contribution in [3.05, 3.63) is 75.3 Å². The van der Waals surface area contributed by atoms with Crippen LogP contribution in [0.25, 0.3) is 22.5 Å². The first-order valence-electron chi connectivity index (χ1n) is 8.99. The first-order chi connectivity index (χ1) is 13.9. The molecule has 1 amide bonds. The summed E-state index contributed by atoms with van der Waals surface area (Å²) in [5.74, 6) is 0.0868. The highest BCUT2D eigenvalue weighted by Crippen LogP contribution is 2.32. The molecular weight excluding hydrogens is 406 g/mol. The molecule has 0 atom stereocenters. The third-order valence-electron chi connectivity index (χ3n) is 4.60. The highest BCUT2D eigenvalue weighted by Gasteiger charge is 2.24. The van der Waals surface area contributed by atoms with E-state index in [-0.39, 0.29) is 5.91 Å². The summed E-state index contributed by atoms with van der Waals surface area (Å²) in [5.41, 5.74) is 5.62. The first-order valence-corrected chi connectivity index (χ1v) is 10.3. The third-order valence-corrected chi connectivity index (χ3v) is 5.69. The number of carbonyl (C=O) groups is 1. The minimum absolute atomic E-state index is 0.333. The summed E-state index contributed by atoms with van der Waals surface area (Å²) in [6.45, 7) is 5.81. The zero-order valence-corrected chi connectivity index (χ0v) is 17.7. The van der Waals surface area contributed by atoms with Gasteiger partial charge in [0.05, 0.1) is 10.7 Å². The standard InChI is InChI=1S/C22H18ClN3O2S/c1-12-8-9-15(13(2)10-12)18-11-29-22(24-18)25-21(27)19-14(3)28-26-20(19)16-6-4-5-7-17(16)23/h4-11H,1-3H3,(H,24,25,27). The maximum absolute atomic E-state index is 13.0. The zero-order chi connectivity index (χ0) is 20.5. The van der Waals surface area contributed by atoms with Crippen molar-refractivity contribution in [3.63, 3.8) is 0 Å². The second-order valence-electron chi connectivity index (χ2n) is 6.75. The van der Waals surface area contributed by atoms with E-state index in [0.29, 0.717) is 32.7 Å². The van der Waals surface area contributed by atoms with E-state index in [1.54, 1.807) is 19.1 Å². The van der Waals surface area contributed by atoms with Crippen LogP contribution in [0.1, 0.15) is 27.2 Å². The fraction of sp³-hybridized carbons (Fsp3) is 0.136. The molecule has 146 valence electrons. The van der Waals surface area contributed by atoms with Gasteiger partial charge in [0.15, 0.2) is 5.13 Å². The van der Waals surface area contributed by atoms with Gasteiger partial charge in [-0.05, 0) is 32.4 Å². The molecule has 0 unspecified atom stereocenters. The fourth-order valence-corrected chi connectivity index (χ4v) is 4.12. The molecule has 0 saturated heterocycles. The van der Waals surface area contributed by atoms with Crippen LogP contribution in [-0.4, -0.2) is 16.0 Å². The van der Waals surface area contributed by atoms with Crippen molar-refractivity contribution < 1.29 is 9.32 Å². The van der Waals surface area contributed by atoms with Gasteiger partial charge in [0.1, 0.15) is 17.0 Å². The van der Waals surface area contributed by atoms with E-state index in [2.05, 4.69) is 41.4 Å². The van der Waals surface area contributed by atoms with Crippen LogP contribution >= 0.6 is 22.9 Å². The number of hydrogen-bond acceptors (Lipinski definition) is 5. The number of nitrogens with zero attached hydrogens (tertiary/aromatic N) is 2. The van der Waals surface area contributed by atoms with Crippen molar-refractivity contribution in [2.75, 3.05) is 5.32 Å². The van der Waals surface area contributed by atoms with Crippen LogP contribution in [0.3, 0.4) is 0 Å². The molecular formula is C22H18ClN3O2S. The van der Waals surface area contributed by atoms with Crippen LogP contribution in [0.4, 0.5) is 5.13 Å². The second kappa shape index (κ2) is 7.81. The number of rotatable bonds is 4. The SMILES string of the molecule is Cc1ccc(-c2csc(NC(=O)c3c(-c4ccccc4Cl)noc3C)n2)c(C)c1. The molecule has 0 aliphatic carbocycles. The van der Waals surface area contributed by atoms with Crippen molar-refractivity contribution in [2.24, 2.45) is 0 Å². The predicted molar refractivity (Wildman–Crippen MR) is 117 cm³/mol. The minimum atomic E-state index is -0.333. The van der Waals surface area contributed by atoms with Crippen LogP contribution in [-0.2, 0) is 0 Å². The summed E-state index contributed by atoms with van der Waals surface area (Å²) in [5, 5.41) is 9.85. The number of anilines is 1. The van der Waals surface area contributed by atoms with Crippen LogP contribution in [0.15, 0.2) is 52.4 Å². The smallest absolute Gasteiger partial charge is 0.263 e. The Morgan fingerprint density at radius 3 is 2.66 bits per heavy atom. The average Bonchev–Trinajstić information content (AvgIpc) is 3.29. The topological polar surface area (TPSA) is 68.0 Å². The molecule has 0 radical (unpaired) electrons. The summed E-state index contributed by atoms with van der Waals surface area (Å²) in [7, 11) is 0. The number of aryl methyl sites for hydroxylation is 3. The lowest BCUT2D eigenvalue weighted by molar-refractivity contribution is 0.102. The first kappa shape index (κ1) is 19.4. The van der Waals surface area contributed by atoms with E-state index >= 15 is 0 Å². The van der Waals surface area contributed by atoms with E-state index in [1.807, 2.05) is 23.6 Å². The summed E-state index contributed by atoms with van der Waals surface area (Å²) >= 11 is 7.65. The molecule has 7 heteroatoms. The highest BCUT2D eigenvalue weighted by molar-refractivity contribution is 7.14. The molecule has 0 spiro atoms. The molecule has 0 aliphatic heterocycles. The van der Waals surface area contributed by atoms with Gasteiger partial charge in [0, 0.05) is 16.5 Å². The summed E-state index contributed by atoms with van der Waals surface area (Å²) in [6, 6.07) is 13.4. The van der Waals surface area contributed by atoms with Crippen molar-refractivity contribution in [2.45, 2.75) is 20.8 Å². The van der Waals surface area contributed by atoms with Crippen LogP contribution in [0.5, 0.6) is 0 Å². The predicted octanol–water partition coefficient (Wildman–Crippen LogP) is 6.30. The number of benzene rings is 2. The summed E-state index contributed by atoms with van der Waals surface area (Å²) in [4.78, 5) is 17.6. The van der Waals surface area contributed by atoms with E-state index in [9.17, 15) is 4.79 Å². The number of hydrogen-bond donors (Lipinski definition) is 1. The van der Waals surface area contributed by atoms with Gasteiger partial charge in [0.25, 0.3) is 5.91 Å². The third kappa shape index (κ3) is 3.81. The number of aromatic nitrogens is 2. The van der Waals surface area contributed by atoms with Gasteiger partial charge in [-0.25, -0.2) is 4.98 Å². The lowest BCUT2D eigenvalue weighted by Gasteiger charge is -2.05. The number of thiazole rings is 1. The van der Waals surface area contributed by atoms with Gasteiger partial charge < -0.3 is 4.52 Å². The summed E-state index contributed by atoms with van der Waals surface area (Å²) in [6.07, 6.45) is 0. The zero-order valence-electron chi connectivity index (χ0n) is 16.1. The minimum Gasteiger partial charge on any atom is -0.360 e. The highest BCUT2D eigenvalue weighted by atomic mass is 35.5. The molecule has 0 aliphatic rings. The Labute approximate surface area is 177 Å². The van der Waals surface area contributed by atoms with Gasteiger partial charge in [-0.15, -0.1) is 11.3 Å². The molecule has 0 bridgehead atoms.